The molecule has 0 fully saturated rings. The predicted molar refractivity (Wildman–Crippen MR) is 78.2 cm³/mol. The van der Waals surface area contributed by atoms with Gasteiger partial charge < -0.3 is 5.32 Å². The van der Waals surface area contributed by atoms with Crippen LogP contribution in [0.25, 0.3) is 0 Å². The maximum absolute atomic E-state index is 4.37. The normalized spacial score (nSPS) is 11.1. The zero-order chi connectivity index (χ0) is 12.4. The molecule has 2 aromatic heterocycles. The summed E-state index contributed by atoms with van der Waals surface area (Å²) in [6, 6.07) is 2.08. The van der Waals surface area contributed by atoms with Crippen molar-refractivity contribution in [3.05, 3.63) is 36.7 Å². The third-order valence-corrected chi connectivity index (χ3v) is 5.49. The topological polar surface area (TPSA) is 29.9 Å². The Morgan fingerprint density at radius 1 is 1.41 bits per heavy atom. The van der Waals surface area contributed by atoms with Crippen molar-refractivity contribution in [3.63, 3.8) is 0 Å². The molecule has 17 heavy (non-hydrogen) atoms. The summed E-state index contributed by atoms with van der Waals surface area (Å²) in [6.07, 6.45) is 0. The average molecular weight is 379 g/mol. The highest BCUT2D eigenvalue weighted by Gasteiger charge is 2.10. The van der Waals surface area contributed by atoms with Crippen molar-refractivity contribution in [1.29, 1.82) is 0 Å². The van der Waals surface area contributed by atoms with Crippen LogP contribution in [0, 0.1) is 6.92 Å². The van der Waals surface area contributed by atoms with E-state index in [1.807, 2.05) is 18.7 Å². The average Bonchev–Trinajstić information content (AvgIpc) is 2.78. The summed E-state index contributed by atoms with van der Waals surface area (Å²) in [5.74, 6) is 0. The van der Waals surface area contributed by atoms with E-state index in [1.54, 1.807) is 11.3 Å². The molecule has 2 rings (SSSR count). The van der Waals surface area contributed by atoms with Crippen LogP contribution in [0.15, 0.2) is 20.4 Å². The minimum atomic E-state index is 0.808. The highest BCUT2D eigenvalue weighted by molar-refractivity contribution is 9.10. The molecule has 0 aromatic carbocycles. The molecule has 6 heteroatoms. The van der Waals surface area contributed by atoms with Crippen molar-refractivity contribution < 1.29 is 0 Å². The molecule has 0 spiro atoms. The fourth-order valence-electron chi connectivity index (χ4n) is 1.62. The van der Waals surface area contributed by atoms with Gasteiger partial charge in [-0.25, -0.2) is 0 Å². The summed E-state index contributed by atoms with van der Waals surface area (Å²) < 4.78 is 4.18. The first kappa shape index (κ1) is 13.3. The number of hydrogen-bond donors (Lipinski definition) is 1. The van der Waals surface area contributed by atoms with Gasteiger partial charge in [-0.05, 0) is 50.2 Å². The molecule has 0 amide bonds. The summed E-state index contributed by atoms with van der Waals surface area (Å²) in [5, 5.41) is 9.88. The Labute approximate surface area is 121 Å². The van der Waals surface area contributed by atoms with Gasteiger partial charge in [0.25, 0.3) is 0 Å². The lowest BCUT2D eigenvalue weighted by Crippen LogP contribution is -2.15. The van der Waals surface area contributed by atoms with Crippen LogP contribution in [0.3, 0.4) is 0 Å². The Morgan fingerprint density at radius 2 is 2.18 bits per heavy atom. The Kier molecular flexibility index (Phi) is 4.41. The summed E-state index contributed by atoms with van der Waals surface area (Å²) in [6.45, 7) is 3.68. The quantitative estimate of drug-likeness (QED) is 0.880. The fourth-order valence-corrected chi connectivity index (χ4v) is 3.56. The molecule has 3 nitrogen and oxygen atoms in total. The van der Waals surface area contributed by atoms with Crippen LogP contribution in [-0.4, -0.2) is 9.78 Å². The molecule has 1 N–H and O–H groups in total. The lowest BCUT2D eigenvalue weighted by atomic mass is 10.3. The lowest BCUT2D eigenvalue weighted by molar-refractivity contribution is 0.626. The zero-order valence-electron chi connectivity index (χ0n) is 9.63. The first-order valence-electron chi connectivity index (χ1n) is 5.20. The van der Waals surface area contributed by atoms with E-state index in [9.17, 15) is 0 Å². The number of aromatic nitrogens is 2. The second-order valence-electron chi connectivity index (χ2n) is 3.76. The van der Waals surface area contributed by atoms with E-state index in [0.29, 0.717) is 0 Å². The molecule has 0 aliphatic rings. The molecule has 0 aliphatic heterocycles. The third kappa shape index (κ3) is 2.99. The molecule has 2 heterocycles. The molecule has 92 valence electrons. The smallest absolute Gasteiger partial charge is 0.0739 e. The SMILES string of the molecule is Cc1nn(C)c(CNCc2sccc2Br)c1Br. The van der Waals surface area contributed by atoms with E-state index in [2.05, 4.69) is 53.7 Å². The van der Waals surface area contributed by atoms with Gasteiger partial charge in [-0.2, -0.15) is 5.10 Å². The highest BCUT2D eigenvalue weighted by Crippen LogP contribution is 2.23. The van der Waals surface area contributed by atoms with Gasteiger partial charge in [-0.3, -0.25) is 4.68 Å². The third-order valence-electron chi connectivity index (χ3n) is 2.53. The molecule has 0 saturated heterocycles. The zero-order valence-corrected chi connectivity index (χ0v) is 13.6. The molecule has 0 radical (unpaired) electrons. The molecule has 0 aliphatic carbocycles. The second-order valence-corrected chi connectivity index (χ2v) is 6.41. The van der Waals surface area contributed by atoms with Gasteiger partial charge in [0, 0.05) is 29.5 Å². The maximum Gasteiger partial charge on any atom is 0.0739 e. The number of rotatable bonds is 4. The molecule has 0 unspecified atom stereocenters. The molecule has 2 aromatic rings. The number of nitrogens with one attached hydrogen (secondary N) is 1. The molecule has 0 saturated carbocycles. The van der Waals surface area contributed by atoms with E-state index >= 15 is 0 Å². The largest absolute Gasteiger partial charge is 0.306 e. The van der Waals surface area contributed by atoms with Crippen LogP contribution in [-0.2, 0) is 20.1 Å². The van der Waals surface area contributed by atoms with Crippen molar-refractivity contribution in [1.82, 2.24) is 15.1 Å². The monoisotopic (exact) mass is 377 g/mol. The van der Waals surface area contributed by atoms with Gasteiger partial charge >= 0.3 is 0 Å². The number of nitrogens with zero attached hydrogens (tertiary/aromatic N) is 2. The van der Waals surface area contributed by atoms with Gasteiger partial charge in [-0.15, -0.1) is 11.3 Å². The standard InChI is InChI=1S/C11H13Br2N3S/c1-7-11(13)9(16(2)15-7)5-14-6-10-8(12)3-4-17-10/h3-4,14H,5-6H2,1-2H3. The summed E-state index contributed by atoms with van der Waals surface area (Å²) in [5.41, 5.74) is 2.21. The van der Waals surface area contributed by atoms with Crippen LogP contribution in [0.1, 0.15) is 16.3 Å². The van der Waals surface area contributed by atoms with Crippen molar-refractivity contribution in [2.45, 2.75) is 20.0 Å². The van der Waals surface area contributed by atoms with Crippen LogP contribution >= 0.6 is 43.2 Å². The first-order chi connectivity index (χ1) is 8.09. The van der Waals surface area contributed by atoms with Crippen LogP contribution < -0.4 is 5.32 Å². The van der Waals surface area contributed by atoms with Gasteiger partial charge in [0.2, 0.25) is 0 Å². The van der Waals surface area contributed by atoms with Crippen LogP contribution in [0.4, 0.5) is 0 Å². The Bertz CT molecular complexity index is 519. The molecule has 0 bridgehead atoms. The summed E-state index contributed by atoms with van der Waals surface area (Å²) in [7, 11) is 1.97. The molecular weight excluding hydrogens is 366 g/mol. The predicted octanol–water partition coefficient (Wildman–Crippen LogP) is 3.60. The van der Waals surface area contributed by atoms with Crippen molar-refractivity contribution >= 4 is 43.2 Å². The lowest BCUT2D eigenvalue weighted by Gasteiger charge is -2.05. The van der Waals surface area contributed by atoms with E-state index in [0.717, 1.165) is 23.3 Å². The Morgan fingerprint density at radius 3 is 2.71 bits per heavy atom. The number of hydrogen-bond acceptors (Lipinski definition) is 3. The molecular formula is C11H13Br2N3S. The Hall–Kier alpha value is -0.170. The van der Waals surface area contributed by atoms with Gasteiger partial charge in [0.1, 0.15) is 0 Å². The van der Waals surface area contributed by atoms with Crippen LogP contribution in [0.2, 0.25) is 0 Å². The van der Waals surface area contributed by atoms with E-state index < -0.39 is 0 Å². The van der Waals surface area contributed by atoms with E-state index in [4.69, 9.17) is 0 Å². The van der Waals surface area contributed by atoms with Crippen molar-refractivity contribution in [2.24, 2.45) is 7.05 Å². The number of halogens is 2. The van der Waals surface area contributed by atoms with Crippen molar-refractivity contribution in [3.8, 4) is 0 Å². The maximum atomic E-state index is 4.37. The summed E-state index contributed by atoms with van der Waals surface area (Å²) in [4.78, 5) is 1.32. The minimum absolute atomic E-state index is 0.808. The van der Waals surface area contributed by atoms with Gasteiger partial charge in [0.05, 0.1) is 15.9 Å². The Balaban J connectivity index is 1.97. The first-order valence-corrected chi connectivity index (χ1v) is 7.66. The molecule has 0 atom stereocenters. The minimum Gasteiger partial charge on any atom is -0.306 e. The second kappa shape index (κ2) is 5.65. The van der Waals surface area contributed by atoms with E-state index in [1.165, 1.54) is 15.0 Å². The van der Waals surface area contributed by atoms with Crippen molar-refractivity contribution in [2.75, 3.05) is 0 Å². The highest BCUT2D eigenvalue weighted by atomic mass is 79.9. The van der Waals surface area contributed by atoms with Gasteiger partial charge in [0.15, 0.2) is 0 Å². The van der Waals surface area contributed by atoms with Crippen LogP contribution in [0.5, 0.6) is 0 Å². The fraction of sp³-hybridized carbons (Fsp3) is 0.364. The van der Waals surface area contributed by atoms with Gasteiger partial charge in [-0.1, -0.05) is 0 Å². The summed E-state index contributed by atoms with van der Waals surface area (Å²) >= 11 is 8.85. The number of thiophene rings is 1. The number of aryl methyl sites for hydroxylation is 2. The van der Waals surface area contributed by atoms with E-state index in [-0.39, 0.29) is 0 Å².